The number of rotatable bonds is 3. The Balaban J connectivity index is 2.73. The summed E-state index contributed by atoms with van der Waals surface area (Å²) in [5.41, 5.74) is 5.25. The number of amides is 1. The molecule has 1 heterocycles. The van der Waals surface area contributed by atoms with Gasteiger partial charge in [-0.2, -0.15) is 4.39 Å². The molecule has 0 aromatic carbocycles. The van der Waals surface area contributed by atoms with Gasteiger partial charge in [0.1, 0.15) is 0 Å². The first kappa shape index (κ1) is 10.3. The number of aromatic nitrogens is 1. The van der Waals surface area contributed by atoms with Gasteiger partial charge in [0.2, 0.25) is 11.9 Å². The Labute approximate surface area is 79.3 Å². The zero-order chi connectivity index (χ0) is 10.6. The summed E-state index contributed by atoms with van der Waals surface area (Å²) in [6.07, 6.45) is 4.12. The minimum atomic E-state index is -1.14. The van der Waals surface area contributed by atoms with Crippen LogP contribution in [0.3, 0.4) is 0 Å². The normalized spacial score (nSPS) is 10.7. The van der Waals surface area contributed by atoms with Crippen molar-refractivity contribution in [3.8, 4) is 0 Å². The molecule has 0 unspecified atom stereocenters. The highest BCUT2D eigenvalue weighted by molar-refractivity contribution is 5.76. The average Bonchev–Trinajstić information content (AvgIpc) is 2.10. The molecule has 0 radical (unpaired) electrons. The molecule has 0 spiro atoms. The molecule has 2 N–H and O–H groups in total. The summed E-state index contributed by atoms with van der Waals surface area (Å²) in [5, 5.41) is 0. The van der Waals surface area contributed by atoms with E-state index < -0.39 is 17.7 Å². The highest BCUT2D eigenvalue weighted by atomic mass is 19.2. The Hall–Kier alpha value is -1.78. The van der Waals surface area contributed by atoms with Crippen LogP contribution < -0.4 is 5.73 Å². The summed E-state index contributed by atoms with van der Waals surface area (Å²) >= 11 is 0. The van der Waals surface area contributed by atoms with E-state index in [1.807, 2.05) is 0 Å². The molecule has 1 aromatic heterocycles. The molecule has 0 bridgehead atoms. The van der Waals surface area contributed by atoms with Crippen LogP contribution in [0.25, 0.3) is 6.08 Å². The summed E-state index contributed by atoms with van der Waals surface area (Å²) in [7, 11) is 0. The van der Waals surface area contributed by atoms with Gasteiger partial charge in [-0.15, -0.1) is 0 Å². The Morgan fingerprint density at radius 2 is 2.29 bits per heavy atom. The Morgan fingerprint density at radius 3 is 2.86 bits per heavy atom. The summed E-state index contributed by atoms with van der Waals surface area (Å²) in [6, 6.07) is 0.986. The largest absolute Gasteiger partial charge is 0.369 e. The molecule has 74 valence electrons. The van der Waals surface area contributed by atoms with Crippen LogP contribution in [0, 0.1) is 11.8 Å². The van der Waals surface area contributed by atoms with Gasteiger partial charge in [-0.05, 0) is 11.6 Å². The molecular weight excluding hydrogens is 190 g/mol. The first-order chi connectivity index (χ1) is 6.59. The highest BCUT2D eigenvalue weighted by Crippen LogP contribution is 2.07. The quantitative estimate of drug-likeness (QED) is 0.743. The molecule has 1 amide bonds. The fraction of sp³-hybridized carbons (Fsp3) is 0.111. The number of carbonyl (C=O) groups excluding carboxylic acids is 1. The number of carbonyl (C=O) groups is 1. The van der Waals surface area contributed by atoms with Crippen LogP contribution in [0.1, 0.15) is 12.0 Å². The van der Waals surface area contributed by atoms with Gasteiger partial charge in [-0.25, -0.2) is 9.37 Å². The topological polar surface area (TPSA) is 56.0 Å². The van der Waals surface area contributed by atoms with Crippen LogP contribution in [0.5, 0.6) is 0 Å². The fourth-order valence-corrected chi connectivity index (χ4v) is 0.838. The lowest BCUT2D eigenvalue weighted by Gasteiger charge is -1.93. The minimum absolute atomic E-state index is 0.0546. The number of hydrogen-bond donors (Lipinski definition) is 1. The van der Waals surface area contributed by atoms with E-state index in [-0.39, 0.29) is 6.42 Å². The van der Waals surface area contributed by atoms with Gasteiger partial charge in [-0.1, -0.05) is 12.2 Å². The smallest absolute Gasteiger partial charge is 0.248 e. The first-order valence-corrected chi connectivity index (χ1v) is 3.85. The molecule has 14 heavy (non-hydrogen) atoms. The predicted molar refractivity (Wildman–Crippen MR) is 47.0 cm³/mol. The molecule has 0 fully saturated rings. The molecule has 1 rings (SSSR count). The van der Waals surface area contributed by atoms with Crippen molar-refractivity contribution in [2.45, 2.75) is 6.42 Å². The lowest BCUT2D eigenvalue weighted by Crippen LogP contribution is -2.07. The molecule has 5 heteroatoms. The van der Waals surface area contributed by atoms with Crippen molar-refractivity contribution in [1.29, 1.82) is 0 Å². The van der Waals surface area contributed by atoms with Gasteiger partial charge in [0.25, 0.3) is 0 Å². The molecule has 0 aliphatic heterocycles. The van der Waals surface area contributed by atoms with E-state index in [1.165, 1.54) is 12.2 Å². The Morgan fingerprint density at radius 1 is 1.57 bits per heavy atom. The van der Waals surface area contributed by atoms with Crippen molar-refractivity contribution in [2.75, 3.05) is 0 Å². The van der Waals surface area contributed by atoms with E-state index in [4.69, 9.17) is 5.73 Å². The molecule has 0 saturated heterocycles. The third-order valence-corrected chi connectivity index (χ3v) is 1.45. The van der Waals surface area contributed by atoms with Crippen molar-refractivity contribution in [2.24, 2.45) is 5.73 Å². The van der Waals surface area contributed by atoms with E-state index in [9.17, 15) is 13.6 Å². The van der Waals surface area contributed by atoms with E-state index in [0.29, 0.717) is 5.56 Å². The second-order valence-corrected chi connectivity index (χ2v) is 2.61. The van der Waals surface area contributed by atoms with Gasteiger partial charge in [0.15, 0.2) is 5.82 Å². The number of halogens is 2. The molecule has 3 nitrogen and oxygen atoms in total. The van der Waals surface area contributed by atoms with E-state index in [2.05, 4.69) is 4.98 Å². The predicted octanol–water partition coefficient (Wildman–Crippen LogP) is 1.25. The van der Waals surface area contributed by atoms with E-state index in [0.717, 1.165) is 12.3 Å². The lowest BCUT2D eigenvalue weighted by atomic mass is 10.2. The van der Waals surface area contributed by atoms with Crippen molar-refractivity contribution >= 4 is 12.0 Å². The molecule has 0 aliphatic rings. The van der Waals surface area contributed by atoms with E-state index >= 15 is 0 Å². The Bertz CT molecular complexity index is 377. The second-order valence-electron chi connectivity index (χ2n) is 2.61. The number of primary amides is 1. The van der Waals surface area contributed by atoms with Crippen molar-refractivity contribution < 1.29 is 13.6 Å². The number of nitrogens with zero attached hydrogens (tertiary/aromatic N) is 1. The number of nitrogens with two attached hydrogens (primary N) is 1. The monoisotopic (exact) mass is 198 g/mol. The zero-order valence-electron chi connectivity index (χ0n) is 7.21. The van der Waals surface area contributed by atoms with Crippen molar-refractivity contribution in [3.63, 3.8) is 0 Å². The summed E-state index contributed by atoms with van der Waals surface area (Å²) in [6.45, 7) is 0. The first-order valence-electron chi connectivity index (χ1n) is 3.85. The van der Waals surface area contributed by atoms with Crippen LogP contribution in [-0.2, 0) is 4.79 Å². The van der Waals surface area contributed by atoms with Gasteiger partial charge < -0.3 is 5.73 Å². The molecule has 0 aliphatic carbocycles. The summed E-state index contributed by atoms with van der Waals surface area (Å²) < 4.78 is 25.0. The summed E-state index contributed by atoms with van der Waals surface area (Å²) in [5.74, 6) is -2.65. The SMILES string of the molecule is NC(=O)CC=Cc1cnc(F)c(F)c1. The molecular formula is C9H8F2N2O. The average molecular weight is 198 g/mol. The molecule has 0 saturated carbocycles. The minimum Gasteiger partial charge on any atom is -0.369 e. The maximum atomic E-state index is 12.6. The summed E-state index contributed by atoms with van der Waals surface area (Å²) in [4.78, 5) is 13.5. The number of hydrogen-bond acceptors (Lipinski definition) is 2. The maximum Gasteiger partial charge on any atom is 0.248 e. The Kier molecular flexibility index (Phi) is 3.28. The zero-order valence-corrected chi connectivity index (χ0v) is 7.21. The van der Waals surface area contributed by atoms with Crippen LogP contribution >= 0.6 is 0 Å². The van der Waals surface area contributed by atoms with Gasteiger partial charge in [0, 0.05) is 12.6 Å². The fourth-order valence-electron chi connectivity index (χ4n) is 0.838. The van der Waals surface area contributed by atoms with Crippen LogP contribution in [0.4, 0.5) is 8.78 Å². The van der Waals surface area contributed by atoms with Gasteiger partial charge >= 0.3 is 0 Å². The van der Waals surface area contributed by atoms with Crippen LogP contribution in [-0.4, -0.2) is 10.9 Å². The van der Waals surface area contributed by atoms with Crippen LogP contribution in [0.15, 0.2) is 18.3 Å². The third kappa shape index (κ3) is 2.93. The van der Waals surface area contributed by atoms with Gasteiger partial charge in [-0.3, -0.25) is 4.79 Å². The molecule has 1 aromatic rings. The highest BCUT2D eigenvalue weighted by Gasteiger charge is 2.01. The second kappa shape index (κ2) is 4.45. The maximum absolute atomic E-state index is 12.6. The lowest BCUT2D eigenvalue weighted by molar-refractivity contribution is -0.117. The van der Waals surface area contributed by atoms with Crippen molar-refractivity contribution in [3.05, 3.63) is 35.7 Å². The standard InChI is InChI=1S/C9H8F2N2O/c10-7-4-6(5-13-9(7)11)2-1-3-8(12)14/h1-2,4-5H,3H2,(H2,12,14). The van der Waals surface area contributed by atoms with E-state index in [1.54, 1.807) is 0 Å². The van der Waals surface area contributed by atoms with Gasteiger partial charge in [0.05, 0.1) is 0 Å². The molecule has 0 atom stereocenters. The number of pyridine rings is 1. The third-order valence-electron chi connectivity index (χ3n) is 1.45. The van der Waals surface area contributed by atoms with Crippen molar-refractivity contribution in [1.82, 2.24) is 4.98 Å². The van der Waals surface area contributed by atoms with Crippen LogP contribution in [0.2, 0.25) is 0 Å².